The van der Waals surface area contributed by atoms with Crippen molar-refractivity contribution in [2.45, 2.75) is 65.6 Å². The zero-order valence-corrected chi connectivity index (χ0v) is 18.3. The van der Waals surface area contributed by atoms with Crippen LogP contribution in [0.25, 0.3) is 22.3 Å². The summed E-state index contributed by atoms with van der Waals surface area (Å²) in [6.45, 7) is 5.50. The first-order valence-corrected chi connectivity index (χ1v) is 10.8. The van der Waals surface area contributed by atoms with E-state index in [1.165, 1.54) is 12.8 Å². The SMILES string of the molecule is CC(C)(C)C(=O)OCn1cc(-c2ncnc3c2ccn3C(CC#N)C2CCCC2)cn1. The molecule has 31 heavy (non-hydrogen) atoms. The topological polar surface area (TPSA) is 98.6 Å². The maximum Gasteiger partial charge on any atom is 0.313 e. The Morgan fingerprint density at radius 3 is 2.81 bits per heavy atom. The summed E-state index contributed by atoms with van der Waals surface area (Å²) < 4.78 is 9.07. The third kappa shape index (κ3) is 4.31. The fourth-order valence-corrected chi connectivity index (χ4v) is 4.29. The molecular formula is C23H28N6O2. The fourth-order valence-electron chi connectivity index (χ4n) is 4.29. The fraction of sp³-hybridized carbons (Fsp3) is 0.522. The molecule has 0 N–H and O–H groups in total. The summed E-state index contributed by atoms with van der Waals surface area (Å²) in [5.74, 6) is 0.232. The van der Waals surface area contributed by atoms with Crippen LogP contribution in [0.15, 0.2) is 31.0 Å². The number of hydrogen-bond donors (Lipinski definition) is 0. The van der Waals surface area contributed by atoms with Crippen molar-refractivity contribution in [2.75, 3.05) is 0 Å². The van der Waals surface area contributed by atoms with Gasteiger partial charge < -0.3 is 9.30 Å². The van der Waals surface area contributed by atoms with Gasteiger partial charge in [0.15, 0.2) is 6.73 Å². The highest BCUT2D eigenvalue weighted by Gasteiger charge is 2.28. The first-order valence-electron chi connectivity index (χ1n) is 10.8. The van der Waals surface area contributed by atoms with E-state index in [1.807, 2.05) is 39.2 Å². The summed E-state index contributed by atoms with van der Waals surface area (Å²) in [6, 6.07) is 4.51. The summed E-state index contributed by atoms with van der Waals surface area (Å²) in [6.07, 6.45) is 12.4. The van der Waals surface area contributed by atoms with E-state index in [4.69, 9.17) is 4.74 Å². The Morgan fingerprint density at radius 2 is 2.10 bits per heavy atom. The van der Waals surface area contributed by atoms with Crippen molar-refractivity contribution in [1.29, 1.82) is 5.26 Å². The minimum atomic E-state index is -0.559. The van der Waals surface area contributed by atoms with Crippen LogP contribution in [0, 0.1) is 22.7 Å². The quantitative estimate of drug-likeness (QED) is 0.545. The van der Waals surface area contributed by atoms with Gasteiger partial charge in [-0.05, 0) is 45.6 Å². The van der Waals surface area contributed by atoms with Gasteiger partial charge in [-0.2, -0.15) is 10.4 Å². The Balaban J connectivity index is 1.61. The zero-order valence-electron chi connectivity index (χ0n) is 18.3. The lowest BCUT2D eigenvalue weighted by molar-refractivity contribution is -0.157. The molecule has 1 unspecified atom stereocenters. The smallest absolute Gasteiger partial charge is 0.313 e. The lowest BCUT2D eigenvalue weighted by atomic mass is 9.95. The van der Waals surface area contributed by atoms with Gasteiger partial charge >= 0.3 is 5.97 Å². The highest BCUT2D eigenvalue weighted by atomic mass is 16.5. The molecule has 1 saturated carbocycles. The zero-order chi connectivity index (χ0) is 22.0. The largest absolute Gasteiger partial charge is 0.442 e. The van der Waals surface area contributed by atoms with Crippen molar-refractivity contribution in [3.63, 3.8) is 0 Å². The normalized spacial score (nSPS) is 15.8. The van der Waals surface area contributed by atoms with Crippen LogP contribution >= 0.6 is 0 Å². The first-order chi connectivity index (χ1) is 14.9. The molecule has 0 radical (unpaired) electrons. The monoisotopic (exact) mass is 420 g/mol. The van der Waals surface area contributed by atoms with Crippen LogP contribution in [0.1, 0.15) is 58.9 Å². The van der Waals surface area contributed by atoms with Gasteiger partial charge in [0.05, 0.1) is 35.8 Å². The van der Waals surface area contributed by atoms with Gasteiger partial charge in [-0.25, -0.2) is 14.6 Å². The number of aromatic nitrogens is 5. The van der Waals surface area contributed by atoms with E-state index in [-0.39, 0.29) is 18.7 Å². The number of carbonyl (C=O) groups excluding carboxylic acids is 1. The maximum atomic E-state index is 12.0. The van der Waals surface area contributed by atoms with Crippen LogP contribution in [0.5, 0.6) is 0 Å². The molecule has 8 heteroatoms. The molecule has 8 nitrogen and oxygen atoms in total. The Kier molecular flexibility index (Phi) is 5.77. The van der Waals surface area contributed by atoms with Crippen LogP contribution in [0.4, 0.5) is 0 Å². The van der Waals surface area contributed by atoms with Crippen LogP contribution in [-0.2, 0) is 16.3 Å². The molecular weight excluding hydrogens is 392 g/mol. The van der Waals surface area contributed by atoms with E-state index in [0.717, 1.165) is 35.1 Å². The standard InChI is InChI=1S/C23H28N6O2/c1-23(2,3)22(30)31-15-28-13-17(12-27-28)20-18-9-11-29(21(18)26-14-25-20)19(8-10-24)16-6-4-5-7-16/h9,11-14,16,19H,4-8,15H2,1-3H3. The summed E-state index contributed by atoms with van der Waals surface area (Å²) in [5, 5.41) is 14.6. The number of hydrogen-bond acceptors (Lipinski definition) is 6. The molecule has 1 fully saturated rings. The molecule has 0 bridgehead atoms. The van der Waals surface area contributed by atoms with Crippen LogP contribution in [0.2, 0.25) is 0 Å². The number of nitrogens with zero attached hydrogens (tertiary/aromatic N) is 6. The number of fused-ring (bicyclic) bond motifs is 1. The van der Waals surface area contributed by atoms with Crippen molar-refractivity contribution in [3.8, 4) is 17.3 Å². The molecule has 0 amide bonds. The lowest BCUT2D eigenvalue weighted by Crippen LogP contribution is -2.24. The predicted octanol–water partition coefficient (Wildman–Crippen LogP) is 4.49. The number of carbonyl (C=O) groups is 1. The minimum absolute atomic E-state index is 0.0528. The Hall–Kier alpha value is -3.21. The molecule has 0 saturated heterocycles. The second kappa shape index (κ2) is 8.50. The van der Waals surface area contributed by atoms with Gasteiger partial charge in [0, 0.05) is 23.3 Å². The molecule has 1 atom stereocenters. The highest BCUT2D eigenvalue weighted by molar-refractivity contribution is 5.90. The van der Waals surface area contributed by atoms with E-state index >= 15 is 0 Å². The summed E-state index contributed by atoms with van der Waals surface area (Å²) in [7, 11) is 0. The minimum Gasteiger partial charge on any atom is -0.442 e. The van der Waals surface area contributed by atoms with Crippen molar-refractivity contribution in [1.82, 2.24) is 24.3 Å². The van der Waals surface area contributed by atoms with E-state index in [0.29, 0.717) is 12.3 Å². The van der Waals surface area contributed by atoms with Crippen molar-refractivity contribution >= 4 is 17.0 Å². The molecule has 3 aromatic heterocycles. The number of ether oxygens (including phenoxy) is 1. The Bertz CT molecular complexity index is 1110. The van der Waals surface area contributed by atoms with Crippen LogP contribution in [-0.4, -0.2) is 30.3 Å². The molecule has 0 spiro atoms. The molecule has 1 aliphatic carbocycles. The Morgan fingerprint density at radius 1 is 1.32 bits per heavy atom. The van der Waals surface area contributed by atoms with E-state index < -0.39 is 5.41 Å². The third-order valence-corrected chi connectivity index (χ3v) is 5.96. The molecule has 0 aromatic carbocycles. The molecule has 162 valence electrons. The average molecular weight is 421 g/mol. The lowest BCUT2D eigenvalue weighted by Gasteiger charge is -2.23. The predicted molar refractivity (Wildman–Crippen MR) is 116 cm³/mol. The van der Waals surface area contributed by atoms with Gasteiger partial charge in [0.25, 0.3) is 0 Å². The summed E-state index contributed by atoms with van der Waals surface area (Å²) in [5.41, 5.74) is 1.88. The van der Waals surface area contributed by atoms with Crippen LogP contribution in [0.3, 0.4) is 0 Å². The van der Waals surface area contributed by atoms with Gasteiger partial charge in [0.2, 0.25) is 0 Å². The number of esters is 1. The van der Waals surface area contributed by atoms with E-state index in [1.54, 1.807) is 17.2 Å². The average Bonchev–Trinajstić information content (AvgIpc) is 3.50. The van der Waals surface area contributed by atoms with Gasteiger partial charge in [-0.1, -0.05) is 12.8 Å². The van der Waals surface area contributed by atoms with Gasteiger partial charge in [-0.3, -0.25) is 4.79 Å². The van der Waals surface area contributed by atoms with Gasteiger partial charge in [0.1, 0.15) is 12.0 Å². The summed E-state index contributed by atoms with van der Waals surface area (Å²) >= 11 is 0. The molecule has 3 heterocycles. The first kappa shape index (κ1) is 21.0. The van der Waals surface area contributed by atoms with E-state index in [2.05, 4.69) is 25.7 Å². The van der Waals surface area contributed by atoms with Crippen molar-refractivity contribution in [2.24, 2.45) is 11.3 Å². The van der Waals surface area contributed by atoms with Crippen molar-refractivity contribution < 1.29 is 9.53 Å². The van der Waals surface area contributed by atoms with Gasteiger partial charge in [-0.15, -0.1) is 0 Å². The summed E-state index contributed by atoms with van der Waals surface area (Å²) in [4.78, 5) is 21.0. The Labute approximate surface area is 181 Å². The molecule has 0 aliphatic heterocycles. The second-order valence-corrected chi connectivity index (χ2v) is 9.24. The third-order valence-electron chi connectivity index (χ3n) is 5.96. The highest BCUT2D eigenvalue weighted by Crippen LogP contribution is 2.38. The molecule has 1 aliphatic rings. The van der Waals surface area contributed by atoms with Crippen molar-refractivity contribution in [3.05, 3.63) is 31.0 Å². The number of rotatable bonds is 6. The maximum absolute atomic E-state index is 12.0. The molecule has 3 aromatic rings. The van der Waals surface area contributed by atoms with E-state index in [9.17, 15) is 10.1 Å². The second-order valence-electron chi connectivity index (χ2n) is 9.24. The van der Waals surface area contributed by atoms with Crippen LogP contribution < -0.4 is 0 Å². The molecule has 4 rings (SSSR count). The number of nitriles is 1.